The lowest BCUT2D eigenvalue weighted by atomic mass is 10.2. The Bertz CT molecular complexity index is 429. The molecule has 0 radical (unpaired) electrons. The summed E-state index contributed by atoms with van der Waals surface area (Å²) in [5.41, 5.74) is 6.06. The van der Waals surface area contributed by atoms with Gasteiger partial charge in [-0.2, -0.15) is 0 Å². The molecule has 0 atom stereocenters. The second kappa shape index (κ2) is 7.13. The smallest absolute Gasteiger partial charge is 0.345 e. The minimum atomic E-state index is -0.879. The quantitative estimate of drug-likeness (QED) is 0.624. The Morgan fingerprint density at radius 2 is 2.17 bits per heavy atom. The van der Waals surface area contributed by atoms with E-state index in [1.165, 1.54) is 11.3 Å². The van der Waals surface area contributed by atoms with Crippen LogP contribution in [0.4, 0.5) is 0 Å². The molecule has 0 saturated heterocycles. The normalized spacial score (nSPS) is 10.5. The van der Waals surface area contributed by atoms with Crippen molar-refractivity contribution in [1.82, 2.24) is 5.32 Å². The molecule has 1 amide bonds. The maximum Gasteiger partial charge on any atom is 0.345 e. The first-order valence-corrected chi connectivity index (χ1v) is 6.64. The van der Waals surface area contributed by atoms with Crippen LogP contribution in [0.15, 0.2) is 6.07 Å². The number of rotatable bonds is 8. The van der Waals surface area contributed by atoms with Gasteiger partial charge in [-0.25, -0.2) is 4.79 Å². The molecular formula is C12H18N2O3S. The van der Waals surface area contributed by atoms with Gasteiger partial charge < -0.3 is 16.2 Å². The van der Waals surface area contributed by atoms with E-state index >= 15 is 0 Å². The molecule has 4 N–H and O–H groups in total. The predicted molar refractivity (Wildman–Crippen MR) is 70.8 cm³/mol. The van der Waals surface area contributed by atoms with Crippen molar-refractivity contribution in [2.24, 2.45) is 5.73 Å². The molecule has 0 bridgehead atoms. The van der Waals surface area contributed by atoms with Gasteiger partial charge in [0.2, 0.25) is 5.91 Å². The van der Waals surface area contributed by atoms with Crippen LogP contribution in [0.5, 0.6) is 0 Å². The van der Waals surface area contributed by atoms with Gasteiger partial charge in [0.05, 0.1) is 0 Å². The van der Waals surface area contributed by atoms with Crippen molar-refractivity contribution in [3.63, 3.8) is 0 Å². The first kappa shape index (κ1) is 14.7. The van der Waals surface area contributed by atoms with Crippen LogP contribution in [-0.2, 0) is 11.3 Å². The summed E-state index contributed by atoms with van der Waals surface area (Å²) in [6.45, 7) is 3.37. The number of nitrogens with one attached hydrogen (secondary N) is 1. The van der Waals surface area contributed by atoms with Crippen LogP contribution in [0, 0.1) is 6.92 Å². The number of aryl methyl sites for hydroxylation is 1. The van der Waals surface area contributed by atoms with Crippen molar-refractivity contribution >= 4 is 23.2 Å². The van der Waals surface area contributed by atoms with Gasteiger partial charge in [0, 0.05) is 17.8 Å². The third-order valence-electron chi connectivity index (χ3n) is 2.57. The van der Waals surface area contributed by atoms with E-state index in [9.17, 15) is 9.59 Å². The Labute approximate surface area is 110 Å². The zero-order valence-electron chi connectivity index (χ0n) is 10.4. The summed E-state index contributed by atoms with van der Waals surface area (Å²) in [5.74, 6) is -1.15. The Morgan fingerprint density at radius 1 is 1.44 bits per heavy atom. The standard InChI is InChI=1S/C12H18N2O3S/c1-8-9(6-10(18-8)12(16)17)7-14-5-3-2-4-11(13)15/h6,14H,2-5,7H2,1H3,(H2,13,15)(H,16,17). The highest BCUT2D eigenvalue weighted by Gasteiger charge is 2.10. The van der Waals surface area contributed by atoms with E-state index in [1.54, 1.807) is 6.07 Å². The highest BCUT2D eigenvalue weighted by molar-refractivity contribution is 7.14. The molecule has 0 aliphatic rings. The van der Waals surface area contributed by atoms with E-state index in [2.05, 4.69) is 5.32 Å². The number of thiophene rings is 1. The highest BCUT2D eigenvalue weighted by Crippen LogP contribution is 2.21. The van der Waals surface area contributed by atoms with E-state index in [0.717, 1.165) is 29.8 Å². The summed E-state index contributed by atoms with van der Waals surface area (Å²) in [6, 6.07) is 1.71. The molecule has 1 aromatic heterocycles. The number of carboxylic acids is 1. The fourth-order valence-corrected chi connectivity index (χ4v) is 2.45. The van der Waals surface area contributed by atoms with Gasteiger partial charge >= 0.3 is 5.97 Å². The Hall–Kier alpha value is -1.40. The SMILES string of the molecule is Cc1sc(C(=O)O)cc1CNCCCCC(N)=O. The number of nitrogens with two attached hydrogens (primary N) is 1. The third-order valence-corrected chi connectivity index (χ3v) is 3.65. The number of primary amides is 1. The van der Waals surface area contributed by atoms with Crippen LogP contribution < -0.4 is 11.1 Å². The summed E-state index contributed by atoms with van der Waals surface area (Å²) in [6.07, 6.45) is 2.09. The number of unbranched alkanes of at least 4 members (excludes halogenated alkanes) is 1. The second-order valence-corrected chi connectivity index (χ2v) is 5.35. The van der Waals surface area contributed by atoms with Crippen LogP contribution in [0.2, 0.25) is 0 Å². The van der Waals surface area contributed by atoms with Gasteiger partial charge in [-0.1, -0.05) is 0 Å². The lowest BCUT2D eigenvalue weighted by molar-refractivity contribution is -0.118. The van der Waals surface area contributed by atoms with E-state index in [0.29, 0.717) is 17.8 Å². The molecule has 0 aromatic carbocycles. The van der Waals surface area contributed by atoms with Gasteiger partial charge in [-0.05, 0) is 37.9 Å². The minimum Gasteiger partial charge on any atom is -0.477 e. The van der Waals surface area contributed by atoms with Crippen LogP contribution >= 0.6 is 11.3 Å². The molecule has 0 spiro atoms. The van der Waals surface area contributed by atoms with E-state index < -0.39 is 5.97 Å². The molecule has 0 unspecified atom stereocenters. The van der Waals surface area contributed by atoms with Crippen LogP contribution in [0.1, 0.15) is 39.4 Å². The fourth-order valence-electron chi connectivity index (χ4n) is 1.57. The number of carbonyl (C=O) groups excluding carboxylic acids is 1. The summed E-state index contributed by atoms with van der Waals surface area (Å²) >= 11 is 1.29. The number of carbonyl (C=O) groups is 2. The number of carboxylic acid groups (broad SMARTS) is 1. The average Bonchev–Trinajstić information content (AvgIpc) is 2.65. The number of aromatic carboxylic acids is 1. The van der Waals surface area contributed by atoms with Crippen molar-refractivity contribution in [3.8, 4) is 0 Å². The molecule has 5 nitrogen and oxygen atoms in total. The molecule has 0 saturated carbocycles. The van der Waals surface area contributed by atoms with Crippen molar-refractivity contribution in [2.45, 2.75) is 32.7 Å². The molecule has 1 aromatic rings. The third kappa shape index (κ3) is 4.85. The van der Waals surface area contributed by atoms with Gasteiger partial charge in [-0.3, -0.25) is 4.79 Å². The van der Waals surface area contributed by atoms with Crippen molar-refractivity contribution in [2.75, 3.05) is 6.54 Å². The molecular weight excluding hydrogens is 252 g/mol. The van der Waals surface area contributed by atoms with Crippen molar-refractivity contribution in [1.29, 1.82) is 0 Å². The Balaban J connectivity index is 2.27. The molecule has 100 valence electrons. The van der Waals surface area contributed by atoms with E-state index in [4.69, 9.17) is 10.8 Å². The molecule has 6 heteroatoms. The molecule has 1 heterocycles. The van der Waals surface area contributed by atoms with Gasteiger partial charge in [0.15, 0.2) is 0 Å². The van der Waals surface area contributed by atoms with Crippen LogP contribution in [0.3, 0.4) is 0 Å². The molecule has 0 aliphatic heterocycles. The average molecular weight is 270 g/mol. The zero-order valence-corrected chi connectivity index (χ0v) is 11.2. The predicted octanol–water partition coefficient (Wildman–Crippen LogP) is 1.50. The summed E-state index contributed by atoms with van der Waals surface area (Å²) in [4.78, 5) is 22.7. The van der Waals surface area contributed by atoms with E-state index in [-0.39, 0.29) is 5.91 Å². The largest absolute Gasteiger partial charge is 0.477 e. The topological polar surface area (TPSA) is 92.4 Å². The van der Waals surface area contributed by atoms with Gasteiger partial charge in [-0.15, -0.1) is 11.3 Å². The molecule has 0 fully saturated rings. The van der Waals surface area contributed by atoms with Crippen molar-refractivity contribution < 1.29 is 14.7 Å². The summed E-state index contributed by atoms with van der Waals surface area (Å²) < 4.78 is 0. The lowest BCUT2D eigenvalue weighted by Crippen LogP contribution is -2.16. The minimum absolute atomic E-state index is 0.269. The molecule has 0 aliphatic carbocycles. The van der Waals surface area contributed by atoms with Crippen LogP contribution in [0.25, 0.3) is 0 Å². The second-order valence-electron chi connectivity index (χ2n) is 4.10. The Kier molecular flexibility index (Phi) is 5.80. The monoisotopic (exact) mass is 270 g/mol. The van der Waals surface area contributed by atoms with Gasteiger partial charge in [0.25, 0.3) is 0 Å². The first-order valence-electron chi connectivity index (χ1n) is 5.82. The lowest BCUT2D eigenvalue weighted by Gasteiger charge is -2.03. The first-order chi connectivity index (χ1) is 8.50. The summed E-state index contributed by atoms with van der Waals surface area (Å²) in [7, 11) is 0. The van der Waals surface area contributed by atoms with Crippen molar-refractivity contribution in [3.05, 3.63) is 21.4 Å². The number of hydrogen-bond donors (Lipinski definition) is 3. The maximum absolute atomic E-state index is 10.8. The van der Waals surface area contributed by atoms with E-state index in [1.807, 2.05) is 6.92 Å². The van der Waals surface area contributed by atoms with Gasteiger partial charge in [0.1, 0.15) is 4.88 Å². The maximum atomic E-state index is 10.8. The van der Waals surface area contributed by atoms with Crippen LogP contribution in [-0.4, -0.2) is 23.5 Å². The Morgan fingerprint density at radius 3 is 2.72 bits per heavy atom. The molecule has 1 rings (SSSR count). The highest BCUT2D eigenvalue weighted by atomic mass is 32.1. The summed E-state index contributed by atoms with van der Waals surface area (Å²) in [5, 5.41) is 12.1. The zero-order chi connectivity index (χ0) is 13.5. The number of amides is 1. The molecule has 18 heavy (non-hydrogen) atoms. The number of hydrogen-bond acceptors (Lipinski definition) is 4. The fraction of sp³-hybridized carbons (Fsp3) is 0.500.